The third-order valence-electron chi connectivity index (χ3n) is 1.38. The van der Waals surface area contributed by atoms with Crippen molar-refractivity contribution in [3.05, 3.63) is 0 Å². The van der Waals surface area contributed by atoms with Crippen LogP contribution < -0.4 is 5.32 Å². The van der Waals surface area contributed by atoms with Crippen LogP contribution in [0.2, 0.25) is 0 Å². The Hall–Kier alpha value is -0.350. The minimum absolute atomic E-state index is 0. The Bertz CT molecular complexity index is 133. The van der Waals surface area contributed by atoms with E-state index in [1.54, 1.807) is 0 Å². The highest BCUT2D eigenvalue weighted by Crippen LogP contribution is 2.09. The summed E-state index contributed by atoms with van der Waals surface area (Å²) in [4.78, 5) is 10.1. The van der Waals surface area contributed by atoms with E-state index >= 15 is 0 Å². The fourth-order valence-corrected chi connectivity index (χ4v) is 0.881. The zero-order chi connectivity index (χ0) is 6.85. The number of carboxylic acids is 1. The highest BCUT2D eigenvalue weighted by molar-refractivity contribution is 5.85. The van der Waals surface area contributed by atoms with Gasteiger partial charge in [-0.05, 0) is 0 Å². The quantitative estimate of drug-likeness (QED) is 0.589. The molecule has 1 unspecified atom stereocenters. The number of carbonyl (C=O) groups is 1. The Kier molecular flexibility index (Phi) is 3.60. The highest BCUT2D eigenvalue weighted by atomic mass is 35.5. The first kappa shape index (κ1) is 9.65. The Morgan fingerprint density at radius 1 is 1.70 bits per heavy atom. The topological polar surface area (TPSA) is 49.3 Å². The van der Waals surface area contributed by atoms with Crippen LogP contribution in [0, 0.1) is 0 Å². The van der Waals surface area contributed by atoms with Crippen LogP contribution in [0.4, 0.5) is 4.39 Å². The smallest absolute Gasteiger partial charge is 0.320 e. The number of halogens is 2. The van der Waals surface area contributed by atoms with Crippen molar-refractivity contribution in [1.82, 2.24) is 5.32 Å². The average molecular weight is 170 g/mol. The van der Waals surface area contributed by atoms with Gasteiger partial charge in [0, 0.05) is 13.0 Å². The molecular formula is C5H9ClFNO2. The zero-order valence-corrected chi connectivity index (χ0v) is 6.03. The summed E-state index contributed by atoms with van der Waals surface area (Å²) in [5, 5.41) is 10.8. The molecule has 3 nitrogen and oxygen atoms in total. The molecule has 1 saturated heterocycles. The van der Waals surface area contributed by atoms with Gasteiger partial charge in [-0.15, -0.1) is 12.4 Å². The van der Waals surface area contributed by atoms with Crippen LogP contribution in [0.25, 0.3) is 0 Å². The maximum atomic E-state index is 12.2. The van der Waals surface area contributed by atoms with Crippen molar-refractivity contribution in [3.8, 4) is 0 Å². The number of hydrogen-bond acceptors (Lipinski definition) is 2. The molecule has 1 fully saturated rings. The van der Waals surface area contributed by atoms with Crippen LogP contribution in [0.3, 0.4) is 0 Å². The molecule has 0 radical (unpaired) electrons. The fourth-order valence-electron chi connectivity index (χ4n) is 0.881. The summed E-state index contributed by atoms with van der Waals surface area (Å²) in [7, 11) is 0. The van der Waals surface area contributed by atoms with Gasteiger partial charge < -0.3 is 10.4 Å². The number of alkyl halides is 1. The van der Waals surface area contributed by atoms with Crippen molar-refractivity contribution >= 4 is 18.4 Å². The minimum Gasteiger partial charge on any atom is -0.480 e. The van der Waals surface area contributed by atoms with Gasteiger partial charge in [0.1, 0.15) is 12.2 Å². The lowest BCUT2D eigenvalue weighted by Gasteiger charge is -1.99. The predicted octanol–water partition coefficient (Wildman–Crippen LogP) is 0.193. The van der Waals surface area contributed by atoms with Gasteiger partial charge in [0.05, 0.1) is 0 Å². The molecule has 0 saturated carbocycles. The Morgan fingerprint density at radius 2 is 2.30 bits per heavy atom. The normalized spacial score (nSPS) is 31.3. The molecule has 0 aromatic heterocycles. The molecule has 1 heterocycles. The molecule has 0 aromatic rings. The summed E-state index contributed by atoms with van der Waals surface area (Å²) >= 11 is 0. The van der Waals surface area contributed by atoms with E-state index in [0.29, 0.717) is 0 Å². The second kappa shape index (κ2) is 3.73. The first-order valence-corrected chi connectivity index (χ1v) is 2.80. The van der Waals surface area contributed by atoms with Gasteiger partial charge in [0.25, 0.3) is 0 Å². The molecule has 0 amide bonds. The van der Waals surface area contributed by atoms with E-state index in [1.165, 1.54) is 0 Å². The zero-order valence-electron chi connectivity index (χ0n) is 5.21. The number of hydrogen-bond donors (Lipinski definition) is 2. The van der Waals surface area contributed by atoms with E-state index in [1.807, 2.05) is 0 Å². The fraction of sp³-hybridized carbons (Fsp3) is 0.800. The molecule has 0 aliphatic carbocycles. The van der Waals surface area contributed by atoms with E-state index in [2.05, 4.69) is 5.32 Å². The van der Waals surface area contributed by atoms with Crippen molar-refractivity contribution in [2.24, 2.45) is 0 Å². The second-order valence-electron chi connectivity index (χ2n) is 2.13. The number of carboxylic acid groups (broad SMARTS) is 1. The van der Waals surface area contributed by atoms with Crippen LogP contribution in [-0.2, 0) is 4.79 Å². The van der Waals surface area contributed by atoms with E-state index < -0.39 is 18.2 Å². The lowest BCUT2D eigenvalue weighted by Crippen LogP contribution is -2.29. The van der Waals surface area contributed by atoms with Gasteiger partial charge in [-0.2, -0.15) is 0 Å². The van der Waals surface area contributed by atoms with Gasteiger partial charge in [-0.3, -0.25) is 4.79 Å². The first-order chi connectivity index (χ1) is 4.20. The summed E-state index contributed by atoms with van der Waals surface area (Å²) < 4.78 is 12.2. The van der Waals surface area contributed by atoms with Crippen LogP contribution in [0.1, 0.15) is 6.42 Å². The molecule has 0 spiro atoms. The molecule has 2 N–H and O–H groups in total. The average Bonchev–Trinajstić information content (AvgIpc) is 2.14. The van der Waals surface area contributed by atoms with Crippen molar-refractivity contribution in [2.45, 2.75) is 18.6 Å². The van der Waals surface area contributed by atoms with Crippen LogP contribution in [0.5, 0.6) is 0 Å². The third-order valence-corrected chi connectivity index (χ3v) is 1.38. The van der Waals surface area contributed by atoms with Gasteiger partial charge in [-0.1, -0.05) is 0 Å². The lowest BCUT2D eigenvalue weighted by atomic mass is 10.2. The maximum Gasteiger partial charge on any atom is 0.320 e. The third kappa shape index (κ3) is 2.11. The maximum absolute atomic E-state index is 12.2. The first-order valence-electron chi connectivity index (χ1n) is 2.80. The van der Waals surface area contributed by atoms with E-state index in [0.717, 1.165) is 0 Å². The number of aliphatic carboxylic acids is 1. The van der Waals surface area contributed by atoms with E-state index in [9.17, 15) is 9.18 Å². The standard InChI is InChI=1S/C5H8FNO2.ClH/c6-3-1-4(5(8)9)7-2-3;/h3-4,7H,1-2H2,(H,8,9);1H/t3-,4?;/m1./s1. The molecule has 1 rings (SSSR count). The van der Waals surface area contributed by atoms with Crippen molar-refractivity contribution < 1.29 is 14.3 Å². The van der Waals surface area contributed by atoms with Crippen molar-refractivity contribution in [2.75, 3.05) is 6.54 Å². The monoisotopic (exact) mass is 169 g/mol. The van der Waals surface area contributed by atoms with E-state index in [-0.39, 0.29) is 25.4 Å². The summed E-state index contributed by atoms with van der Waals surface area (Å²) in [6.07, 6.45) is -0.874. The SMILES string of the molecule is Cl.O=C(O)C1C[C@@H](F)CN1. The highest BCUT2D eigenvalue weighted by Gasteiger charge is 2.28. The molecule has 0 aromatic carbocycles. The van der Waals surface area contributed by atoms with Gasteiger partial charge in [0.2, 0.25) is 0 Å². The molecule has 1 aliphatic heterocycles. The van der Waals surface area contributed by atoms with Crippen LogP contribution in [0.15, 0.2) is 0 Å². The van der Waals surface area contributed by atoms with E-state index in [4.69, 9.17) is 5.11 Å². The van der Waals surface area contributed by atoms with Crippen molar-refractivity contribution in [3.63, 3.8) is 0 Å². The number of rotatable bonds is 1. The Morgan fingerprint density at radius 3 is 2.50 bits per heavy atom. The molecule has 5 heteroatoms. The predicted molar refractivity (Wildman–Crippen MR) is 36.2 cm³/mol. The molecule has 10 heavy (non-hydrogen) atoms. The number of nitrogens with one attached hydrogen (secondary N) is 1. The molecular weight excluding hydrogens is 161 g/mol. The Balaban J connectivity index is 0.000000810. The van der Waals surface area contributed by atoms with Crippen LogP contribution in [-0.4, -0.2) is 29.8 Å². The van der Waals surface area contributed by atoms with Gasteiger partial charge in [0.15, 0.2) is 0 Å². The molecule has 0 bridgehead atoms. The lowest BCUT2D eigenvalue weighted by molar-refractivity contribution is -0.139. The Labute approximate surface area is 64.0 Å². The molecule has 2 atom stereocenters. The summed E-state index contributed by atoms with van der Waals surface area (Å²) in [6, 6.07) is -0.667. The largest absolute Gasteiger partial charge is 0.480 e. The second-order valence-corrected chi connectivity index (χ2v) is 2.13. The van der Waals surface area contributed by atoms with Crippen molar-refractivity contribution in [1.29, 1.82) is 0 Å². The minimum atomic E-state index is -0.980. The molecule has 1 aliphatic rings. The van der Waals surface area contributed by atoms with Crippen LogP contribution >= 0.6 is 12.4 Å². The summed E-state index contributed by atoms with van der Waals surface area (Å²) in [6.45, 7) is 0.178. The van der Waals surface area contributed by atoms with Gasteiger partial charge >= 0.3 is 5.97 Å². The summed E-state index contributed by atoms with van der Waals surface area (Å²) in [5.41, 5.74) is 0. The molecule has 60 valence electrons. The van der Waals surface area contributed by atoms with Gasteiger partial charge in [-0.25, -0.2) is 4.39 Å². The summed E-state index contributed by atoms with van der Waals surface area (Å²) in [5.74, 6) is -0.963.